The molecule has 0 N–H and O–H groups in total. The highest BCUT2D eigenvalue weighted by Gasteiger charge is 2.27. The Kier molecular flexibility index (Phi) is 5.73. The summed E-state index contributed by atoms with van der Waals surface area (Å²) in [5, 5.41) is 0. The van der Waals surface area contributed by atoms with E-state index in [-0.39, 0.29) is 10.7 Å². The summed E-state index contributed by atoms with van der Waals surface area (Å²) >= 11 is 0. The van der Waals surface area contributed by atoms with Crippen molar-refractivity contribution in [3.63, 3.8) is 0 Å². The fourth-order valence-electron chi connectivity index (χ4n) is 2.77. The number of pyridine rings is 1. The van der Waals surface area contributed by atoms with Gasteiger partial charge in [0.1, 0.15) is 28.9 Å². The third-order valence-corrected chi connectivity index (χ3v) is 6.21. The smallest absolute Gasteiger partial charge is 0.244 e. The Morgan fingerprint density at radius 3 is 2.46 bits per heavy atom. The molecule has 1 aromatic carbocycles. The molecule has 2 aromatic rings. The Bertz CT molecular complexity index is 820. The van der Waals surface area contributed by atoms with Gasteiger partial charge in [0.15, 0.2) is 0 Å². The number of ether oxygens (including phenoxy) is 1. The van der Waals surface area contributed by atoms with E-state index in [0.717, 1.165) is 12.8 Å². The zero-order valence-electron chi connectivity index (χ0n) is 14.6. The minimum atomic E-state index is -3.44. The SMILES string of the molecule is CN(CCOc1ccc(F)cc1)c1ccc(S(=O)(=O)N2CCCC2)cn1. The molecule has 1 saturated heterocycles. The minimum absolute atomic E-state index is 0.221. The van der Waals surface area contributed by atoms with Crippen molar-refractivity contribution >= 4 is 15.8 Å². The van der Waals surface area contributed by atoms with Gasteiger partial charge in [-0.1, -0.05) is 0 Å². The maximum Gasteiger partial charge on any atom is 0.244 e. The van der Waals surface area contributed by atoms with Crippen molar-refractivity contribution in [1.82, 2.24) is 9.29 Å². The number of halogens is 1. The molecule has 0 atom stereocenters. The maximum atomic E-state index is 12.9. The first-order chi connectivity index (χ1) is 12.5. The summed E-state index contributed by atoms with van der Waals surface area (Å²) in [6.45, 7) is 2.11. The third-order valence-electron chi connectivity index (χ3n) is 4.32. The number of nitrogens with zero attached hydrogens (tertiary/aromatic N) is 3. The van der Waals surface area contributed by atoms with E-state index in [9.17, 15) is 12.8 Å². The summed E-state index contributed by atoms with van der Waals surface area (Å²) in [7, 11) is -1.59. The molecule has 1 fully saturated rings. The maximum absolute atomic E-state index is 12.9. The number of anilines is 1. The van der Waals surface area contributed by atoms with Crippen LogP contribution in [0.15, 0.2) is 47.5 Å². The first kappa shape index (κ1) is 18.6. The summed E-state index contributed by atoms with van der Waals surface area (Å²) < 4.78 is 44.9. The number of aromatic nitrogens is 1. The predicted octanol–water partition coefficient (Wildman–Crippen LogP) is 2.52. The number of benzene rings is 1. The largest absolute Gasteiger partial charge is 0.492 e. The van der Waals surface area contributed by atoms with E-state index >= 15 is 0 Å². The molecular formula is C18H22FN3O3S. The van der Waals surface area contributed by atoms with Crippen LogP contribution in [0, 0.1) is 5.82 Å². The van der Waals surface area contributed by atoms with Crippen LogP contribution in [0.25, 0.3) is 0 Å². The van der Waals surface area contributed by atoms with Crippen LogP contribution in [0.2, 0.25) is 0 Å². The van der Waals surface area contributed by atoms with Crippen LogP contribution in [-0.2, 0) is 10.0 Å². The number of likely N-dealkylation sites (N-methyl/N-ethyl adjacent to an activating group) is 1. The molecule has 1 aromatic heterocycles. The average molecular weight is 379 g/mol. The lowest BCUT2D eigenvalue weighted by atomic mass is 10.3. The third kappa shape index (κ3) is 4.31. The second kappa shape index (κ2) is 8.01. The topological polar surface area (TPSA) is 62.7 Å². The van der Waals surface area contributed by atoms with Crippen LogP contribution in [0.4, 0.5) is 10.2 Å². The first-order valence-corrected chi connectivity index (χ1v) is 9.96. The standard InChI is InChI=1S/C18H22FN3O3S/c1-21(12-13-25-16-6-4-15(19)5-7-16)18-9-8-17(14-20-18)26(23,24)22-10-2-3-11-22/h4-9,14H,2-3,10-13H2,1H3. The van der Waals surface area contributed by atoms with Gasteiger partial charge in [0.25, 0.3) is 0 Å². The molecule has 3 rings (SSSR count). The van der Waals surface area contributed by atoms with Gasteiger partial charge in [0.05, 0.1) is 6.54 Å². The highest BCUT2D eigenvalue weighted by Crippen LogP contribution is 2.21. The number of sulfonamides is 1. The fourth-order valence-corrected chi connectivity index (χ4v) is 4.24. The molecule has 140 valence electrons. The molecule has 8 heteroatoms. The molecule has 26 heavy (non-hydrogen) atoms. The van der Waals surface area contributed by atoms with Gasteiger partial charge in [-0.25, -0.2) is 17.8 Å². The first-order valence-electron chi connectivity index (χ1n) is 8.52. The molecule has 0 aliphatic carbocycles. The molecule has 1 aliphatic rings. The molecule has 1 aliphatic heterocycles. The van der Waals surface area contributed by atoms with Gasteiger partial charge < -0.3 is 9.64 Å². The van der Waals surface area contributed by atoms with E-state index < -0.39 is 10.0 Å². The Morgan fingerprint density at radius 2 is 1.85 bits per heavy atom. The van der Waals surface area contributed by atoms with E-state index in [2.05, 4.69) is 4.98 Å². The van der Waals surface area contributed by atoms with E-state index in [4.69, 9.17) is 4.74 Å². The Labute approximate surface area is 153 Å². The molecule has 0 unspecified atom stereocenters. The van der Waals surface area contributed by atoms with E-state index in [1.807, 2.05) is 11.9 Å². The van der Waals surface area contributed by atoms with Gasteiger partial charge in [0, 0.05) is 26.3 Å². The summed E-state index contributed by atoms with van der Waals surface area (Å²) in [5.41, 5.74) is 0. The van der Waals surface area contributed by atoms with E-state index in [1.54, 1.807) is 24.3 Å². The lowest BCUT2D eigenvalue weighted by Gasteiger charge is -2.19. The monoisotopic (exact) mass is 379 g/mol. The molecule has 6 nitrogen and oxygen atoms in total. The van der Waals surface area contributed by atoms with Crippen molar-refractivity contribution in [2.24, 2.45) is 0 Å². The molecule has 0 bridgehead atoms. The van der Waals surface area contributed by atoms with Gasteiger partial charge in [0.2, 0.25) is 10.0 Å². The molecule has 0 spiro atoms. The van der Waals surface area contributed by atoms with Crippen molar-refractivity contribution in [3.8, 4) is 5.75 Å². The minimum Gasteiger partial charge on any atom is -0.492 e. The van der Waals surface area contributed by atoms with Crippen molar-refractivity contribution < 1.29 is 17.5 Å². The van der Waals surface area contributed by atoms with Crippen molar-refractivity contribution in [1.29, 1.82) is 0 Å². The molecule has 0 radical (unpaired) electrons. The number of hydrogen-bond acceptors (Lipinski definition) is 5. The van der Waals surface area contributed by atoms with Crippen molar-refractivity contribution in [2.75, 3.05) is 38.2 Å². The number of hydrogen-bond donors (Lipinski definition) is 0. The van der Waals surface area contributed by atoms with Gasteiger partial charge in [-0.05, 0) is 49.2 Å². The van der Waals surface area contributed by atoms with Crippen LogP contribution in [0.5, 0.6) is 5.75 Å². The summed E-state index contributed by atoms with van der Waals surface area (Å²) in [5.74, 6) is 0.954. The lowest BCUT2D eigenvalue weighted by molar-refractivity contribution is 0.325. The molecule has 0 saturated carbocycles. The zero-order valence-corrected chi connectivity index (χ0v) is 15.5. The lowest BCUT2D eigenvalue weighted by Crippen LogP contribution is -2.28. The second-order valence-electron chi connectivity index (χ2n) is 6.19. The Hall–Kier alpha value is -2.19. The second-order valence-corrected chi connectivity index (χ2v) is 8.13. The quantitative estimate of drug-likeness (QED) is 0.740. The van der Waals surface area contributed by atoms with Gasteiger partial charge >= 0.3 is 0 Å². The highest BCUT2D eigenvalue weighted by molar-refractivity contribution is 7.89. The molecule has 0 amide bonds. The van der Waals surface area contributed by atoms with Crippen LogP contribution < -0.4 is 9.64 Å². The molecule has 2 heterocycles. The van der Waals surface area contributed by atoms with Gasteiger partial charge in [-0.2, -0.15) is 4.31 Å². The van der Waals surface area contributed by atoms with E-state index in [1.165, 1.54) is 22.6 Å². The Balaban J connectivity index is 1.56. The van der Waals surface area contributed by atoms with Crippen LogP contribution in [-0.4, -0.2) is 51.0 Å². The van der Waals surface area contributed by atoms with Crippen molar-refractivity contribution in [2.45, 2.75) is 17.7 Å². The normalized spacial score (nSPS) is 15.2. The molecular weight excluding hydrogens is 357 g/mol. The van der Waals surface area contributed by atoms with Crippen molar-refractivity contribution in [3.05, 3.63) is 48.4 Å². The van der Waals surface area contributed by atoms with Gasteiger partial charge in [-0.15, -0.1) is 0 Å². The predicted molar refractivity (Wildman–Crippen MR) is 97.4 cm³/mol. The zero-order chi connectivity index (χ0) is 18.6. The van der Waals surface area contributed by atoms with Gasteiger partial charge in [-0.3, -0.25) is 0 Å². The average Bonchev–Trinajstić information content (AvgIpc) is 3.19. The van der Waals surface area contributed by atoms with Crippen LogP contribution in [0.1, 0.15) is 12.8 Å². The Morgan fingerprint density at radius 1 is 1.15 bits per heavy atom. The van der Waals surface area contributed by atoms with E-state index in [0.29, 0.717) is 37.8 Å². The summed E-state index contributed by atoms with van der Waals surface area (Å²) in [6.07, 6.45) is 3.21. The van der Waals surface area contributed by atoms with Crippen LogP contribution >= 0.6 is 0 Å². The fraction of sp³-hybridized carbons (Fsp3) is 0.389. The summed E-state index contributed by atoms with van der Waals surface area (Å²) in [4.78, 5) is 6.36. The number of rotatable bonds is 7. The summed E-state index contributed by atoms with van der Waals surface area (Å²) in [6, 6.07) is 9.13. The van der Waals surface area contributed by atoms with Crippen LogP contribution in [0.3, 0.4) is 0 Å². The highest BCUT2D eigenvalue weighted by atomic mass is 32.2.